The third-order valence-corrected chi connectivity index (χ3v) is 3.47. The summed E-state index contributed by atoms with van der Waals surface area (Å²) in [6.07, 6.45) is 3.83. The Hall–Kier alpha value is -1.90. The number of benzene rings is 1. The van der Waals surface area contributed by atoms with E-state index in [1.165, 1.54) is 11.1 Å². The maximum Gasteiger partial charge on any atom is 0.132 e. The van der Waals surface area contributed by atoms with Crippen molar-refractivity contribution in [1.29, 1.82) is 0 Å². The summed E-state index contributed by atoms with van der Waals surface area (Å²) in [5, 5.41) is 3.37. The van der Waals surface area contributed by atoms with Crippen LogP contribution in [-0.4, -0.2) is 16.5 Å². The van der Waals surface area contributed by atoms with E-state index in [2.05, 4.69) is 67.2 Å². The zero-order chi connectivity index (χ0) is 15.2. The second-order valence-corrected chi connectivity index (χ2v) is 5.92. The minimum absolute atomic E-state index is 0.661. The lowest BCUT2D eigenvalue weighted by Gasteiger charge is -2.12. The van der Waals surface area contributed by atoms with Crippen LogP contribution < -0.4 is 5.32 Å². The second kappa shape index (κ2) is 7.21. The van der Waals surface area contributed by atoms with Crippen LogP contribution in [0.15, 0.2) is 30.6 Å². The van der Waals surface area contributed by atoms with Crippen LogP contribution in [0.4, 0.5) is 5.82 Å². The number of nitrogens with zero attached hydrogens (tertiary/aromatic N) is 2. The van der Waals surface area contributed by atoms with Gasteiger partial charge in [-0.05, 0) is 37.3 Å². The van der Waals surface area contributed by atoms with E-state index in [4.69, 9.17) is 0 Å². The molecule has 2 aromatic rings. The molecule has 0 aliphatic heterocycles. The highest BCUT2D eigenvalue weighted by atomic mass is 15.0. The Labute approximate surface area is 127 Å². The Balaban J connectivity index is 2.33. The first-order valence-electron chi connectivity index (χ1n) is 7.76. The monoisotopic (exact) mass is 283 g/mol. The summed E-state index contributed by atoms with van der Waals surface area (Å²) in [6, 6.07) is 8.69. The standard InChI is InChI=1S/C18H25N3/c1-5-9-19-18-14(4)17(20-12-21-18)16-8-6-7-15(11-16)10-13(2)3/h6-8,11-13H,5,9-10H2,1-4H3,(H,19,20,21). The van der Waals surface area contributed by atoms with Crippen LogP contribution in [0.25, 0.3) is 11.3 Å². The van der Waals surface area contributed by atoms with Crippen LogP contribution in [0.2, 0.25) is 0 Å². The van der Waals surface area contributed by atoms with Crippen molar-refractivity contribution in [2.24, 2.45) is 5.92 Å². The van der Waals surface area contributed by atoms with Crippen LogP contribution in [-0.2, 0) is 6.42 Å². The number of rotatable bonds is 6. The van der Waals surface area contributed by atoms with Gasteiger partial charge in [-0.1, -0.05) is 39.0 Å². The maximum atomic E-state index is 4.49. The van der Waals surface area contributed by atoms with Gasteiger partial charge >= 0.3 is 0 Å². The molecule has 0 fully saturated rings. The van der Waals surface area contributed by atoms with Crippen molar-refractivity contribution in [2.75, 3.05) is 11.9 Å². The molecule has 0 saturated heterocycles. The number of hydrogen-bond acceptors (Lipinski definition) is 3. The van der Waals surface area contributed by atoms with Crippen molar-refractivity contribution in [2.45, 2.75) is 40.5 Å². The minimum atomic E-state index is 0.661. The summed E-state index contributed by atoms with van der Waals surface area (Å²) in [5.74, 6) is 1.60. The third-order valence-electron chi connectivity index (χ3n) is 3.47. The molecule has 112 valence electrons. The molecule has 1 aromatic carbocycles. The lowest BCUT2D eigenvalue weighted by atomic mass is 9.99. The van der Waals surface area contributed by atoms with Gasteiger partial charge < -0.3 is 5.32 Å². The molecule has 21 heavy (non-hydrogen) atoms. The molecule has 1 N–H and O–H groups in total. The zero-order valence-corrected chi connectivity index (χ0v) is 13.5. The largest absolute Gasteiger partial charge is 0.370 e. The van der Waals surface area contributed by atoms with E-state index in [1.807, 2.05) is 0 Å². The quantitative estimate of drug-likeness (QED) is 0.849. The van der Waals surface area contributed by atoms with Crippen molar-refractivity contribution in [3.05, 3.63) is 41.7 Å². The molecule has 1 heterocycles. The highest BCUT2D eigenvalue weighted by Crippen LogP contribution is 2.26. The van der Waals surface area contributed by atoms with Crippen LogP contribution >= 0.6 is 0 Å². The molecule has 0 amide bonds. The van der Waals surface area contributed by atoms with E-state index in [1.54, 1.807) is 6.33 Å². The lowest BCUT2D eigenvalue weighted by molar-refractivity contribution is 0.647. The third kappa shape index (κ3) is 4.03. The summed E-state index contributed by atoms with van der Waals surface area (Å²) in [5.41, 5.74) is 4.68. The van der Waals surface area contributed by atoms with Gasteiger partial charge in [0.25, 0.3) is 0 Å². The lowest BCUT2D eigenvalue weighted by Crippen LogP contribution is -2.05. The van der Waals surface area contributed by atoms with Crippen molar-refractivity contribution >= 4 is 5.82 Å². The molecule has 0 radical (unpaired) electrons. The minimum Gasteiger partial charge on any atom is -0.370 e. The Morgan fingerprint density at radius 1 is 1.19 bits per heavy atom. The predicted molar refractivity (Wildman–Crippen MR) is 89.5 cm³/mol. The number of aromatic nitrogens is 2. The van der Waals surface area contributed by atoms with E-state index >= 15 is 0 Å². The first-order chi connectivity index (χ1) is 10.1. The molecule has 2 rings (SSSR count). The Morgan fingerprint density at radius 2 is 2.00 bits per heavy atom. The molecule has 0 aliphatic carbocycles. The number of hydrogen-bond donors (Lipinski definition) is 1. The van der Waals surface area contributed by atoms with Crippen molar-refractivity contribution in [1.82, 2.24) is 9.97 Å². The molecule has 0 aliphatic rings. The first-order valence-corrected chi connectivity index (χ1v) is 7.76. The van der Waals surface area contributed by atoms with Crippen LogP contribution in [0.3, 0.4) is 0 Å². The van der Waals surface area contributed by atoms with E-state index in [9.17, 15) is 0 Å². The molecule has 0 unspecified atom stereocenters. The van der Waals surface area contributed by atoms with Gasteiger partial charge in [0.15, 0.2) is 0 Å². The smallest absolute Gasteiger partial charge is 0.132 e. The summed E-state index contributed by atoms with van der Waals surface area (Å²) >= 11 is 0. The van der Waals surface area contributed by atoms with Crippen molar-refractivity contribution < 1.29 is 0 Å². The van der Waals surface area contributed by atoms with Gasteiger partial charge in [0.05, 0.1) is 5.69 Å². The van der Waals surface area contributed by atoms with Gasteiger partial charge in [-0.2, -0.15) is 0 Å². The second-order valence-electron chi connectivity index (χ2n) is 5.92. The van der Waals surface area contributed by atoms with E-state index in [0.717, 1.165) is 36.5 Å². The summed E-state index contributed by atoms with van der Waals surface area (Å²) in [4.78, 5) is 8.84. The predicted octanol–water partition coefficient (Wildman–Crippen LogP) is 4.47. The van der Waals surface area contributed by atoms with Gasteiger partial charge in [-0.15, -0.1) is 0 Å². The topological polar surface area (TPSA) is 37.8 Å². The average Bonchev–Trinajstić information content (AvgIpc) is 2.46. The van der Waals surface area contributed by atoms with Crippen LogP contribution in [0.5, 0.6) is 0 Å². The van der Waals surface area contributed by atoms with E-state index < -0.39 is 0 Å². The van der Waals surface area contributed by atoms with Gasteiger partial charge in [-0.25, -0.2) is 9.97 Å². The Kier molecular flexibility index (Phi) is 5.32. The average molecular weight is 283 g/mol. The fourth-order valence-corrected chi connectivity index (χ4v) is 2.48. The van der Waals surface area contributed by atoms with Crippen LogP contribution in [0.1, 0.15) is 38.3 Å². The van der Waals surface area contributed by atoms with Gasteiger partial charge in [0.2, 0.25) is 0 Å². The summed E-state index contributed by atoms with van der Waals surface area (Å²) in [7, 11) is 0. The molecular weight excluding hydrogens is 258 g/mol. The van der Waals surface area contributed by atoms with Gasteiger partial charge in [0.1, 0.15) is 12.1 Å². The molecule has 3 nitrogen and oxygen atoms in total. The highest BCUT2D eigenvalue weighted by molar-refractivity contribution is 5.68. The van der Waals surface area contributed by atoms with E-state index in [-0.39, 0.29) is 0 Å². The Morgan fingerprint density at radius 3 is 2.71 bits per heavy atom. The molecule has 0 saturated carbocycles. The van der Waals surface area contributed by atoms with Crippen molar-refractivity contribution in [3.8, 4) is 11.3 Å². The molecule has 0 spiro atoms. The number of nitrogens with one attached hydrogen (secondary N) is 1. The fourth-order valence-electron chi connectivity index (χ4n) is 2.48. The number of anilines is 1. The van der Waals surface area contributed by atoms with Gasteiger partial charge in [0, 0.05) is 17.7 Å². The molecule has 0 atom stereocenters. The molecular formula is C18H25N3. The maximum absolute atomic E-state index is 4.49. The molecule has 0 bridgehead atoms. The van der Waals surface area contributed by atoms with Crippen molar-refractivity contribution in [3.63, 3.8) is 0 Å². The van der Waals surface area contributed by atoms with E-state index in [0.29, 0.717) is 5.92 Å². The Bertz CT molecular complexity index is 591. The first kappa shape index (κ1) is 15.5. The SMILES string of the molecule is CCCNc1ncnc(-c2cccc(CC(C)C)c2)c1C. The normalized spacial score (nSPS) is 10.9. The molecule has 1 aromatic heterocycles. The summed E-state index contributed by atoms with van der Waals surface area (Å²) < 4.78 is 0. The summed E-state index contributed by atoms with van der Waals surface area (Å²) in [6.45, 7) is 9.66. The van der Waals surface area contributed by atoms with Crippen LogP contribution in [0, 0.1) is 12.8 Å². The molecule has 3 heteroatoms. The fraction of sp³-hybridized carbons (Fsp3) is 0.444. The highest BCUT2D eigenvalue weighted by Gasteiger charge is 2.09. The van der Waals surface area contributed by atoms with Gasteiger partial charge in [-0.3, -0.25) is 0 Å². The zero-order valence-electron chi connectivity index (χ0n) is 13.5.